The Hall–Kier alpha value is -2.58. The number of likely N-dealkylation sites (tertiary alicyclic amines) is 1. The molecule has 156 valence electrons. The molecule has 1 aromatic carbocycles. The van der Waals surface area contributed by atoms with Crippen molar-refractivity contribution >= 4 is 11.9 Å². The molecule has 1 fully saturated rings. The molecule has 0 aliphatic carbocycles. The van der Waals surface area contributed by atoms with Crippen LogP contribution in [0, 0.1) is 5.92 Å². The number of aliphatic imine (C=N–C) groups is 1. The van der Waals surface area contributed by atoms with Crippen LogP contribution in [0.15, 0.2) is 23.2 Å². The Bertz CT molecular complexity index is 677. The van der Waals surface area contributed by atoms with Gasteiger partial charge in [0.05, 0.1) is 19.6 Å². The predicted octanol–water partition coefficient (Wildman–Crippen LogP) is 2.65. The van der Waals surface area contributed by atoms with E-state index in [1.165, 1.54) is 13.2 Å². The monoisotopic (exact) mass is 399 g/mol. The average Bonchev–Trinajstić information content (AvgIpc) is 2.69. The number of benzene rings is 1. The molecular weight excluding hydrogens is 372 g/mol. The molecular formula is C19H27F2N3O4. The number of piperidine rings is 1. The summed E-state index contributed by atoms with van der Waals surface area (Å²) >= 11 is 0. The van der Waals surface area contributed by atoms with Gasteiger partial charge < -0.3 is 24.4 Å². The summed E-state index contributed by atoms with van der Waals surface area (Å²) in [5.74, 6) is 0.700. The molecule has 0 aromatic heterocycles. The van der Waals surface area contributed by atoms with Gasteiger partial charge in [0.25, 0.3) is 0 Å². The van der Waals surface area contributed by atoms with E-state index >= 15 is 0 Å². The van der Waals surface area contributed by atoms with Crippen molar-refractivity contribution in [3.63, 3.8) is 0 Å². The van der Waals surface area contributed by atoms with E-state index in [0.717, 1.165) is 5.56 Å². The maximum Gasteiger partial charge on any atom is 0.387 e. The van der Waals surface area contributed by atoms with Gasteiger partial charge in [0.15, 0.2) is 17.5 Å². The van der Waals surface area contributed by atoms with E-state index < -0.39 is 6.61 Å². The fourth-order valence-corrected chi connectivity index (χ4v) is 3.12. The Morgan fingerprint density at radius 3 is 2.61 bits per heavy atom. The number of ether oxygens (including phenoxy) is 3. The standard InChI is InChI=1S/C19H27F2N3O4/c1-4-27-17(25)14-7-9-24(10-8-14)19(22-2)23-12-13-5-6-15(26-3)16(11-13)28-18(20)21/h5-6,11,14,18H,4,7-10,12H2,1-3H3,(H,22,23). The van der Waals surface area contributed by atoms with E-state index in [9.17, 15) is 13.6 Å². The van der Waals surface area contributed by atoms with Crippen LogP contribution in [0.3, 0.4) is 0 Å². The molecule has 0 bridgehead atoms. The normalized spacial score (nSPS) is 15.5. The Balaban J connectivity index is 1.93. The quantitative estimate of drug-likeness (QED) is 0.432. The Morgan fingerprint density at radius 2 is 2.04 bits per heavy atom. The molecule has 9 heteroatoms. The van der Waals surface area contributed by atoms with Crippen LogP contribution >= 0.6 is 0 Å². The molecule has 0 amide bonds. The summed E-state index contributed by atoms with van der Waals surface area (Å²) < 4.78 is 39.8. The van der Waals surface area contributed by atoms with E-state index in [0.29, 0.717) is 45.0 Å². The number of carbonyl (C=O) groups is 1. The topological polar surface area (TPSA) is 72.4 Å². The second-order valence-corrected chi connectivity index (χ2v) is 6.28. The van der Waals surface area contributed by atoms with Crippen LogP contribution in [0.5, 0.6) is 11.5 Å². The predicted molar refractivity (Wildman–Crippen MR) is 101 cm³/mol. The third kappa shape index (κ3) is 5.97. The van der Waals surface area contributed by atoms with Crippen molar-refractivity contribution in [1.29, 1.82) is 0 Å². The van der Waals surface area contributed by atoms with Crippen LogP contribution in [0.2, 0.25) is 0 Å². The number of alkyl halides is 2. The summed E-state index contributed by atoms with van der Waals surface area (Å²) in [4.78, 5) is 18.2. The van der Waals surface area contributed by atoms with Gasteiger partial charge in [0, 0.05) is 26.7 Å². The van der Waals surface area contributed by atoms with Crippen LogP contribution in [0.4, 0.5) is 8.78 Å². The zero-order chi connectivity index (χ0) is 20.5. The van der Waals surface area contributed by atoms with Crippen molar-refractivity contribution in [3.05, 3.63) is 23.8 Å². The highest BCUT2D eigenvalue weighted by molar-refractivity contribution is 5.80. The Morgan fingerprint density at radius 1 is 1.32 bits per heavy atom. The van der Waals surface area contributed by atoms with E-state index in [4.69, 9.17) is 9.47 Å². The lowest BCUT2D eigenvalue weighted by Gasteiger charge is -2.33. The lowest BCUT2D eigenvalue weighted by Crippen LogP contribution is -2.46. The summed E-state index contributed by atoms with van der Waals surface area (Å²) in [6, 6.07) is 4.87. The molecule has 1 N–H and O–H groups in total. The number of hydrogen-bond donors (Lipinski definition) is 1. The van der Waals surface area contributed by atoms with Crippen LogP contribution in [0.1, 0.15) is 25.3 Å². The number of esters is 1. The van der Waals surface area contributed by atoms with Crippen LogP contribution in [-0.2, 0) is 16.1 Å². The van der Waals surface area contributed by atoms with E-state index in [1.807, 2.05) is 0 Å². The number of carbonyl (C=O) groups excluding carboxylic acids is 1. The maximum atomic E-state index is 12.6. The smallest absolute Gasteiger partial charge is 0.387 e. The highest BCUT2D eigenvalue weighted by Gasteiger charge is 2.27. The summed E-state index contributed by atoms with van der Waals surface area (Å²) in [5.41, 5.74) is 0.749. The molecule has 0 saturated carbocycles. The number of hydrogen-bond acceptors (Lipinski definition) is 5. The molecule has 1 aliphatic rings. The summed E-state index contributed by atoms with van der Waals surface area (Å²) in [6.45, 7) is 1.02. The minimum absolute atomic E-state index is 0.0120. The van der Waals surface area contributed by atoms with Gasteiger partial charge in [-0.15, -0.1) is 0 Å². The molecule has 0 atom stereocenters. The van der Waals surface area contributed by atoms with Gasteiger partial charge in [-0.05, 0) is 37.5 Å². The van der Waals surface area contributed by atoms with Crippen molar-refractivity contribution in [2.45, 2.75) is 32.9 Å². The number of halogens is 2. The fraction of sp³-hybridized carbons (Fsp3) is 0.579. The second kappa shape index (κ2) is 10.7. The van der Waals surface area contributed by atoms with Crippen LogP contribution < -0.4 is 14.8 Å². The van der Waals surface area contributed by atoms with E-state index in [2.05, 4.69) is 19.9 Å². The first-order valence-corrected chi connectivity index (χ1v) is 9.22. The zero-order valence-corrected chi connectivity index (χ0v) is 16.4. The number of nitrogens with one attached hydrogen (secondary N) is 1. The first kappa shape index (κ1) is 21.7. The number of nitrogens with zero attached hydrogens (tertiary/aromatic N) is 2. The van der Waals surface area contributed by atoms with E-state index in [1.54, 1.807) is 26.1 Å². The third-order valence-corrected chi connectivity index (χ3v) is 4.52. The SMILES string of the molecule is CCOC(=O)C1CCN(C(=NC)NCc2ccc(OC)c(OC(F)F)c2)CC1. The molecule has 0 radical (unpaired) electrons. The van der Waals surface area contributed by atoms with Gasteiger partial charge in [0.2, 0.25) is 0 Å². The minimum Gasteiger partial charge on any atom is -0.493 e. The highest BCUT2D eigenvalue weighted by Crippen LogP contribution is 2.29. The Labute approximate surface area is 163 Å². The first-order valence-electron chi connectivity index (χ1n) is 9.22. The first-order chi connectivity index (χ1) is 13.5. The number of rotatable bonds is 7. The molecule has 0 unspecified atom stereocenters. The van der Waals surface area contributed by atoms with Gasteiger partial charge in [-0.3, -0.25) is 9.79 Å². The number of methoxy groups -OCH3 is 1. The van der Waals surface area contributed by atoms with Gasteiger partial charge in [-0.1, -0.05) is 6.07 Å². The molecule has 1 aromatic rings. The second-order valence-electron chi connectivity index (χ2n) is 6.28. The molecule has 2 rings (SSSR count). The highest BCUT2D eigenvalue weighted by atomic mass is 19.3. The molecule has 7 nitrogen and oxygen atoms in total. The van der Waals surface area contributed by atoms with E-state index in [-0.39, 0.29) is 23.4 Å². The lowest BCUT2D eigenvalue weighted by atomic mass is 9.97. The van der Waals surface area contributed by atoms with Crippen LogP contribution in [-0.4, -0.2) is 57.3 Å². The van der Waals surface area contributed by atoms with Crippen molar-refractivity contribution < 1.29 is 27.8 Å². The lowest BCUT2D eigenvalue weighted by molar-refractivity contribution is -0.149. The molecule has 1 saturated heterocycles. The fourth-order valence-electron chi connectivity index (χ4n) is 3.12. The van der Waals surface area contributed by atoms with Gasteiger partial charge >= 0.3 is 12.6 Å². The van der Waals surface area contributed by atoms with Gasteiger partial charge in [0.1, 0.15) is 0 Å². The summed E-state index contributed by atoms with van der Waals surface area (Å²) in [6.07, 6.45) is 1.41. The largest absolute Gasteiger partial charge is 0.493 e. The maximum absolute atomic E-state index is 12.6. The van der Waals surface area contributed by atoms with Crippen molar-refractivity contribution in [2.75, 3.05) is 33.9 Å². The molecule has 1 aliphatic heterocycles. The number of guanidine groups is 1. The van der Waals surface area contributed by atoms with Crippen molar-refractivity contribution in [1.82, 2.24) is 10.2 Å². The van der Waals surface area contributed by atoms with Gasteiger partial charge in [-0.2, -0.15) is 8.78 Å². The van der Waals surface area contributed by atoms with Crippen LogP contribution in [0.25, 0.3) is 0 Å². The van der Waals surface area contributed by atoms with Gasteiger partial charge in [-0.25, -0.2) is 0 Å². The molecule has 1 heterocycles. The minimum atomic E-state index is -2.93. The summed E-state index contributed by atoms with van der Waals surface area (Å²) in [5, 5.41) is 3.22. The zero-order valence-electron chi connectivity index (χ0n) is 16.4. The third-order valence-electron chi connectivity index (χ3n) is 4.52. The average molecular weight is 399 g/mol. The molecule has 28 heavy (non-hydrogen) atoms. The summed E-state index contributed by atoms with van der Waals surface area (Å²) in [7, 11) is 3.08. The van der Waals surface area contributed by atoms with Crippen molar-refractivity contribution in [3.8, 4) is 11.5 Å². The Kier molecular flexibility index (Phi) is 8.28. The van der Waals surface area contributed by atoms with Crippen molar-refractivity contribution in [2.24, 2.45) is 10.9 Å². The molecule has 0 spiro atoms.